The molecule has 0 fully saturated rings. The molecule has 0 spiro atoms. The Morgan fingerprint density at radius 3 is 2.79 bits per heavy atom. The van der Waals surface area contributed by atoms with Gasteiger partial charge in [0.2, 0.25) is 5.78 Å². The van der Waals surface area contributed by atoms with Gasteiger partial charge in [-0.05, 0) is 18.2 Å². The maximum atomic E-state index is 12.3. The molecule has 0 aliphatic carbocycles. The van der Waals surface area contributed by atoms with Gasteiger partial charge in [0.1, 0.15) is 5.69 Å². The summed E-state index contributed by atoms with van der Waals surface area (Å²) in [6, 6.07) is 5.27. The highest BCUT2D eigenvalue weighted by atomic mass is 16.5. The summed E-state index contributed by atoms with van der Waals surface area (Å²) in [5.41, 5.74) is 1.13. The Labute approximate surface area is 110 Å². The first-order chi connectivity index (χ1) is 9.25. The smallest absolute Gasteiger partial charge is 0.211 e. The molecule has 3 rings (SSSR count). The molecular formula is C14H14N2O3. The summed E-state index contributed by atoms with van der Waals surface area (Å²) in [4.78, 5) is 16.3. The molecule has 19 heavy (non-hydrogen) atoms. The van der Waals surface area contributed by atoms with Gasteiger partial charge in [0, 0.05) is 19.0 Å². The fourth-order valence-corrected chi connectivity index (χ4v) is 2.03. The predicted molar refractivity (Wildman–Crippen MR) is 68.7 cm³/mol. The number of carbonyl (C=O) groups excluding carboxylic acids is 1. The van der Waals surface area contributed by atoms with Crippen LogP contribution >= 0.6 is 0 Å². The second kappa shape index (κ2) is 4.76. The highest BCUT2D eigenvalue weighted by Crippen LogP contribution is 2.31. The number of rotatable bonds is 2. The van der Waals surface area contributed by atoms with E-state index >= 15 is 0 Å². The summed E-state index contributed by atoms with van der Waals surface area (Å²) in [6.45, 7) is 1.25. The lowest BCUT2D eigenvalue weighted by molar-refractivity contribution is 0.103. The first kappa shape index (κ1) is 11.8. The normalized spacial score (nSPS) is 13.9. The van der Waals surface area contributed by atoms with Crippen LogP contribution in [0.3, 0.4) is 0 Å². The minimum Gasteiger partial charge on any atom is -0.490 e. The van der Waals surface area contributed by atoms with Crippen molar-refractivity contribution >= 4 is 5.78 Å². The lowest BCUT2D eigenvalue weighted by atomic mass is 10.1. The zero-order valence-electron chi connectivity index (χ0n) is 10.6. The predicted octanol–water partition coefficient (Wildman–Crippen LogP) is 1.81. The van der Waals surface area contributed by atoms with Crippen LogP contribution in [-0.2, 0) is 7.05 Å². The quantitative estimate of drug-likeness (QED) is 0.771. The molecule has 98 valence electrons. The number of ether oxygens (including phenoxy) is 2. The van der Waals surface area contributed by atoms with Crippen LogP contribution in [0.1, 0.15) is 22.5 Å². The fourth-order valence-electron chi connectivity index (χ4n) is 2.03. The van der Waals surface area contributed by atoms with Gasteiger partial charge in [-0.15, -0.1) is 0 Å². The molecule has 2 heterocycles. The number of aromatic nitrogens is 2. The van der Waals surface area contributed by atoms with Gasteiger partial charge in [0.05, 0.1) is 25.7 Å². The summed E-state index contributed by atoms with van der Waals surface area (Å²) in [6.07, 6.45) is 4.02. The minimum absolute atomic E-state index is 0.0735. The van der Waals surface area contributed by atoms with E-state index in [1.807, 2.05) is 0 Å². The van der Waals surface area contributed by atoms with Crippen molar-refractivity contribution in [3.8, 4) is 11.5 Å². The van der Waals surface area contributed by atoms with Crippen LogP contribution in [0.15, 0.2) is 30.7 Å². The summed E-state index contributed by atoms with van der Waals surface area (Å²) >= 11 is 0. The van der Waals surface area contributed by atoms with E-state index in [1.165, 1.54) is 0 Å². The number of nitrogens with zero attached hydrogens (tertiary/aromatic N) is 2. The van der Waals surface area contributed by atoms with E-state index in [0.717, 1.165) is 6.42 Å². The molecule has 2 aromatic rings. The molecule has 0 amide bonds. The van der Waals surface area contributed by atoms with Crippen molar-refractivity contribution in [2.75, 3.05) is 13.2 Å². The Bertz CT molecular complexity index is 619. The Morgan fingerprint density at radius 1 is 1.26 bits per heavy atom. The van der Waals surface area contributed by atoms with Crippen molar-refractivity contribution in [2.24, 2.45) is 7.05 Å². The highest BCUT2D eigenvalue weighted by molar-refractivity contribution is 6.08. The number of fused-ring (bicyclic) bond motifs is 1. The lowest BCUT2D eigenvalue weighted by Gasteiger charge is -2.09. The molecule has 0 unspecified atom stereocenters. The molecule has 1 aromatic carbocycles. The highest BCUT2D eigenvalue weighted by Gasteiger charge is 2.17. The summed E-state index contributed by atoms with van der Waals surface area (Å²) in [5.74, 6) is 1.25. The van der Waals surface area contributed by atoms with Crippen LogP contribution in [0.5, 0.6) is 11.5 Å². The Kier molecular flexibility index (Phi) is 2.95. The molecule has 0 saturated carbocycles. The van der Waals surface area contributed by atoms with Gasteiger partial charge in [-0.25, -0.2) is 4.98 Å². The van der Waals surface area contributed by atoms with Crippen LogP contribution in [0.4, 0.5) is 0 Å². The molecular weight excluding hydrogens is 244 g/mol. The van der Waals surface area contributed by atoms with Gasteiger partial charge < -0.3 is 14.0 Å². The number of benzene rings is 1. The van der Waals surface area contributed by atoms with Crippen LogP contribution in [0.2, 0.25) is 0 Å². The van der Waals surface area contributed by atoms with Gasteiger partial charge in [-0.1, -0.05) is 0 Å². The van der Waals surface area contributed by atoms with Crippen LogP contribution in [0.25, 0.3) is 0 Å². The maximum Gasteiger partial charge on any atom is 0.211 e. The van der Waals surface area contributed by atoms with Crippen molar-refractivity contribution in [1.82, 2.24) is 9.55 Å². The van der Waals surface area contributed by atoms with Crippen molar-refractivity contribution < 1.29 is 14.3 Å². The molecule has 1 aliphatic rings. The molecule has 1 aromatic heterocycles. The van der Waals surface area contributed by atoms with Gasteiger partial charge in [-0.2, -0.15) is 0 Å². The largest absolute Gasteiger partial charge is 0.490 e. The third-order valence-corrected chi connectivity index (χ3v) is 3.06. The van der Waals surface area contributed by atoms with E-state index in [0.29, 0.717) is 36.0 Å². The molecule has 0 saturated heterocycles. The Balaban J connectivity index is 1.96. The average molecular weight is 258 g/mol. The third kappa shape index (κ3) is 2.19. The molecule has 1 aliphatic heterocycles. The summed E-state index contributed by atoms with van der Waals surface area (Å²) in [5, 5.41) is 0. The van der Waals surface area contributed by atoms with E-state index in [4.69, 9.17) is 9.47 Å². The SMILES string of the molecule is Cn1cncc1C(=O)c1ccc2c(c1)OCCCO2. The summed E-state index contributed by atoms with van der Waals surface area (Å²) < 4.78 is 12.8. The van der Waals surface area contributed by atoms with Gasteiger partial charge in [-0.3, -0.25) is 4.79 Å². The second-order valence-corrected chi connectivity index (χ2v) is 4.43. The van der Waals surface area contributed by atoms with Crippen molar-refractivity contribution in [1.29, 1.82) is 0 Å². The molecule has 0 atom stereocenters. The van der Waals surface area contributed by atoms with E-state index < -0.39 is 0 Å². The average Bonchev–Trinajstić information content (AvgIpc) is 2.72. The fraction of sp³-hybridized carbons (Fsp3) is 0.286. The number of hydrogen-bond donors (Lipinski definition) is 0. The van der Waals surface area contributed by atoms with Gasteiger partial charge in [0.25, 0.3) is 0 Å². The van der Waals surface area contributed by atoms with Crippen molar-refractivity contribution in [3.05, 3.63) is 42.0 Å². The Hall–Kier alpha value is -2.30. The standard InChI is InChI=1S/C14H14N2O3/c1-16-9-15-8-11(16)14(17)10-3-4-12-13(7-10)19-6-2-5-18-12/h3-4,7-9H,2,5-6H2,1H3. The zero-order chi connectivity index (χ0) is 13.2. The number of imidazole rings is 1. The molecule has 0 bridgehead atoms. The molecule has 5 nitrogen and oxygen atoms in total. The topological polar surface area (TPSA) is 53.4 Å². The zero-order valence-corrected chi connectivity index (χ0v) is 10.6. The van der Waals surface area contributed by atoms with Crippen LogP contribution < -0.4 is 9.47 Å². The second-order valence-electron chi connectivity index (χ2n) is 4.43. The third-order valence-electron chi connectivity index (χ3n) is 3.06. The lowest BCUT2D eigenvalue weighted by Crippen LogP contribution is -2.07. The van der Waals surface area contributed by atoms with Crippen molar-refractivity contribution in [3.63, 3.8) is 0 Å². The van der Waals surface area contributed by atoms with E-state index in [9.17, 15) is 4.79 Å². The number of aryl methyl sites for hydroxylation is 1. The first-order valence-corrected chi connectivity index (χ1v) is 6.16. The number of ketones is 1. The molecule has 0 radical (unpaired) electrons. The van der Waals surface area contributed by atoms with Crippen LogP contribution in [-0.4, -0.2) is 28.5 Å². The number of carbonyl (C=O) groups is 1. The Morgan fingerprint density at radius 2 is 2.05 bits per heavy atom. The molecule has 5 heteroatoms. The summed E-state index contributed by atoms with van der Waals surface area (Å²) in [7, 11) is 1.79. The minimum atomic E-state index is -0.0735. The van der Waals surface area contributed by atoms with Crippen LogP contribution in [0, 0.1) is 0 Å². The van der Waals surface area contributed by atoms with E-state index in [2.05, 4.69) is 4.98 Å². The van der Waals surface area contributed by atoms with E-state index in [1.54, 1.807) is 42.3 Å². The van der Waals surface area contributed by atoms with E-state index in [-0.39, 0.29) is 5.78 Å². The number of hydrogen-bond acceptors (Lipinski definition) is 4. The first-order valence-electron chi connectivity index (χ1n) is 6.16. The monoisotopic (exact) mass is 258 g/mol. The molecule has 0 N–H and O–H groups in total. The van der Waals surface area contributed by atoms with Crippen molar-refractivity contribution in [2.45, 2.75) is 6.42 Å². The maximum absolute atomic E-state index is 12.3. The van der Waals surface area contributed by atoms with Gasteiger partial charge in [0.15, 0.2) is 11.5 Å². The van der Waals surface area contributed by atoms with Gasteiger partial charge >= 0.3 is 0 Å².